The Morgan fingerprint density at radius 3 is 2.32 bits per heavy atom. The Hall–Kier alpha value is -3.88. The molecule has 0 aliphatic carbocycles. The number of carbonyl (C=O) groups excluding carboxylic acids is 4. The molecule has 1 aromatic heterocycles. The van der Waals surface area contributed by atoms with Gasteiger partial charge in [0.25, 0.3) is 11.8 Å². The highest BCUT2D eigenvalue weighted by Crippen LogP contribution is 2.37. The molecule has 14 heteroatoms. The summed E-state index contributed by atoms with van der Waals surface area (Å²) in [5.74, 6) is -2.38. The smallest absolute Gasteiger partial charge is 0.316 e. The third kappa shape index (κ3) is 7.65. The van der Waals surface area contributed by atoms with Crippen LogP contribution in [0.3, 0.4) is 0 Å². The highest BCUT2D eigenvalue weighted by molar-refractivity contribution is 7.88. The minimum absolute atomic E-state index is 0.110. The number of ether oxygens (including phenoxy) is 1. The van der Waals surface area contributed by atoms with Crippen molar-refractivity contribution in [3.63, 3.8) is 0 Å². The molecule has 1 aromatic carbocycles. The number of hydrogen-bond acceptors (Lipinski definition) is 9. The molecular formula is C33H44N6O7S. The molecule has 0 saturated carbocycles. The summed E-state index contributed by atoms with van der Waals surface area (Å²) in [7, 11) is -3.47. The summed E-state index contributed by atoms with van der Waals surface area (Å²) in [5, 5.41) is 7.95. The highest BCUT2D eigenvalue weighted by atomic mass is 32.2. The van der Waals surface area contributed by atoms with Crippen LogP contribution in [0.25, 0.3) is 17.0 Å². The molecule has 2 saturated heterocycles. The van der Waals surface area contributed by atoms with Gasteiger partial charge in [-0.05, 0) is 63.1 Å². The second-order valence-corrected chi connectivity index (χ2v) is 15.2. The summed E-state index contributed by atoms with van der Waals surface area (Å²) in [6.45, 7) is 7.45. The Morgan fingerprint density at radius 2 is 1.64 bits per heavy atom. The van der Waals surface area contributed by atoms with Crippen LogP contribution in [0.4, 0.5) is 0 Å². The number of cyclic esters (lactones) is 1. The van der Waals surface area contributed by atoms with E-state index in [4.69, 9.17) is 9.72 Å². The highest BCUT2D eigenvalue weighted by Gasteiger charge is 2.44. The number of hydrazine groups is 1. The van der Waals surface area contributed by atoms with Crippen molar-refractivity contribution >= 4 is 50.7 Å². The number of amides is 3. The van der Waals surface area contributed by atoms with Gasteiger partial charge in [0.2, 0.25) is 15.9 Å². The van der Waals surface area contributed by atoms with Crippen LogP contribution in [-0.2, 0) is 33.9 Å². The fourth-order valence-corrected chi connectivity index (χ4v) is 7.09. The Bertz CT molecular complexity index is 1690. The maximum Gasteiger partial charge on any atom is 0.316 e. The second kappa shape index (κ2) is 13.7. The average molecular weight is 669 g/mol. The summed E-state index contributed by atoms with van der Waals surface area (Å²) >= 11 is 0. The Labute approximate surface area is 275 Å². The van der Waals surface area contributed by atoms with Gasteiger partial charge in [-0.25, -0.2) is 18.1 Å². The predicted octanol–water partition coefficient (Wildman–Crippen LogP) is 2.05. The molecule has 2 fully saturated rings. The summed E-state index contributed by atoms with van der Waals surface area (Å²) in [4.78, 5) is 59.0. The van der Waals surface area contributed by atoms with Gasteiger partial charge in [-0.2, -0.15) is 0 Å². The summed E-state index contributed by atoms with van der Waals surface area (Å²) in [6, 6.07) is 7.44. The standard InChI is InChI=1S/C33H44N6O7S/c1-20(2)28-30(41)35-22(4)31(42)39-16-6-7-26(37-39)29(40)34-21(3)25-11-10-24-9-8-23(19-27(24)36-25)12-13-33(32(43)46-28)14-17-38(18-15-33)47(5,44)45/h8-13,19-22,26,28,37H,6-7,14-18H2,1-5H3,(H,34,40)(H,35,41)/t21-,22+,26+,28+/m1/s1. The zero-order valence-electron chi connectivity index (χ0n) is 27.5. The monoisotopic (exact) mass is 668 g/mol. The van der Waals surface area contributed by atoms with Crippen LogP contribution in [-0.4, -0.2) is 90.5 Å². The second-order valence-electron chi connectivity index (χ2n) is 13.2. The normalized spacial score (nSPS) is 26.7. The number of benzene rings is 1. The Kier molecular flexibility index (Phi) is 10.0. The number of nitrogens with one attached hydrogen (secondary N) is 3. The van der Waals surface area contributed by atoms with Gasteiger partial charge in [-0.1, -0.05) is 44.2 Å². The van der Waals surface area contributed by atoms with Crippen LogP contribution in [0.2, 0.25) is 0 Å². The molecule has 3 N–H and O–H groups in total. The third-order valence-corrected chi connectivity index (χ3v) is 10.5. The van der Waals surface area contributed by atoms with Gasteiger partial charge in [-0.15, -0.1) is 0 Å². The van der Waals surface area contributed by atoms with Gasteiger partial charge in [0.05, 0.1) is 28.9 Å². The van der Waals surface area contributed by atoms with E-state index in [9.17, 15) is 27.6 Å². The topological polar surface area (TPSA) is 167 Å². The Morgan fingerprint density at radius 1 is 0.957 bits per heavy atom. The lowest BCUT2D eigenvalue weighted by molar-refractivity contribution is -0.168. The fourth-order valence-electron chi connectivity index (χ4n) is 6.24. The molecule has 3 amide bonds. The molecule has 2 aromatic rings. The van der Waals surface area contributed by atoms with Crippen molar-refractivity contribution in [2.45, 2.75) is 77.6 Å². The number of carbonyl (C=O) groups is 4. The van der Waals surface area contributed by atoms with Crippen molar-refractivity contribution in [3.05, 3.63) is 47.7 Å². The maximum atomic E-state index is 14.0. The van der Waals surface area contributed by atoms with Crippen molar-refractivity contribution in [1.82, 2.24) is 30.4 Å². The van der Waals surface area contributed by atoms with Crippen molar-refractivity contribution in [2.24, 2.45) is 11.3 Å². The average Bonchev–Trinajstić information content (AvgIpc) is 3.04. The van der Waals surface area contributed by atoms with Crippen molar-refractivity contribution in [1.29, 1.82) is 0 Å². The molecule has 47 heavy (non-hydrogen) atoms. The first-order valence-electron chi connectivity index (χ1n) is 16.1. The largest absolute Gasteiger partial charge is 0.451 e. The minimum atomic E-state index is -3.47. The van der Waals surface area contributed by atoms with Crippen LogP contribution in [0.5, 0.6) is 0 Å². The number of hydrogen-bond donors (Lipinski definition) is 3. The van der Waals surface area contributed by atoms with E-state index in [0.717, 1.165) is 17.2 Å². The predicted molar refractivity (Wildman–Crippen MR) is 176 cm³/mol. The first-order valence-corrected chi connectivity index (χ1v) is 18.0. The number of nitrogens with zero attached hydrogens (tertiary/aromatic N) is 3. The molecule has 0 unspecified atom stereocenters. The van der Waals surface area contributed by atoms with Crippen molar-refractivity contribution in [3.8, 4) is 0 Å². The van der Waals surface area contributed by atoms with E-state index < -0.39 is 63.4 Å². The van der Waals surface area contributed by atoms with Crippen molar-refractivity contribution < 1.29 is 32.3 Å². The zero-order valence-corrected chi connectivity index (χ0v) is 28.3. The Balaban J connectivity index is 1.54. The molecule has 0 radical (unpaired) electrons. The van der Waals surface area contributed by atoms with E-state index in [2.05, 4.69) is 16.1 Å². The molecule has 254 valence electrons. The molecule has 4 heterocycles. The minimum Gasteiger partial charge on any atom is -0.451 e. The van der Waals surface area contributed by atoms with Crippen LogP contribution < -0.4 is 16.1 Å². The lowest BCUT2D eigenvalue weighted by atomic mass is 9.78. The molecule has 3 aliphatic heterocycles. The first-order chi connectivity index (χ1) is 22.2. The lowest BCUT2D eigenvalue weighted by Crippen LogP contribution is -2.61. The van der Waals surface area contributed by atoms with Crippen LogP contribution in [0.1, 0.15) is 70.7 Å². The van der Waals surface area contributed by atoms with E-state index in [-0.39, 0.29) is 31.8 Å². The van der Waals surface area contributed by atoms with E-state index in [1.807, 2.05) is 37.3 Å². The van der Waals surface area contributed by atoms with Gasteiger partial charge in [-0.3, -0.25) is 29.2 Å². The van der Waals surface area contributed by atoms with Crippen molar-refractivity contribution in [2.75, 3.05) is 25.9 Å². The van der Waals surface area contributed by atoms with Gasteiger partial charge < -0.3 is 15.4 Å². The number of rotatable bonds is 2. The van der Waals surface area contributed by atoms with Crippen LogP contribution in [0.15, 0.2) is 36.4 Å². The molecule has 3 aliphatic rings. The number of pyridine rings is 1. The number of piperidine rings is 1. The molecular weight excluding hydrogens is 624 g/mol. The summed E-state index contributed by atoms with van der Waals surface area (Å²) in [5.41, 5.74) is 3.93. The molecule has 13 nitrogen and oxygen atoms in total. The zero-order chi connectivity index (χ0) is 34.1. The molecule has 5 bridgehead atoms. The molecule has 4 atom stereocenters. The molecule has 5 rings (SSSR count). The SMILES string of the molecule is CC(C)[C@@H]1OC(=O)C2(C=Cc3ccc4ccc(nc4c3)[C@@H](C)NC(=O)[C@@H]3CCCN(N3)C(=O)[C@H](C)NC1=O)CCN(S(C)(=O)=O)CC2. The fraction of sp³-hybridized carbons (Fsp3) is 0.545. The summed E-state index contributed by atoms with van der Waals surface area (Å²) < 4.78 is 31.8. The first kappa shape index (κ1) is 34.5. The number of fused-ring (bicyclic) bond motifs is 4. The van der Waals surface area contributed by atoms with E-state index >= 15 is 0 Å². The van der Waals surface area contributed by atoms with E-state index in [1.165, 1.54) is 9.31 Å². The lowest BCUT2D eigenvalue weighted by Gasteiger charge is -2.38. The maximum absolute atomic E-state index is 14.0. The van der Waals surface area contributed by atoms with Gasteiger partial charge in [0, 0.05) is 25.0 Å². The van der Waals surface area contributed by atoms with Gasteiger partial charge >= 0.3 is 5.97 Å². The summed E-state index contributed by atoms with van der Waals surface area (Å²) in [6.07, 6.45) is 4.90. The van der Waals surface area contributed by atoms with E-state index in [0.29, 0.717) is 30.6 Å². The third-order valence-electron chi connectivity index (χ3n) is 9.22. The van der Waals surface area contributed by atoms with E-state index in [1.54, 1.807) is 32.9 Å². The number of sulfonamides is 1. The number of aromatic nitrogens is 1. The van der Waals surface area contributed by atoms with Gasteiger partial charge in [0.1, 0.15) is 12.1 Å². The van der Waals surface area contributed by atoms with Crippen LogP contribution in [0, 0.1) is 11.3 Å². The molecule has 1 spiro atoms. The van der Waals surface area contributed by atoms with Crippen LogP contribution >= 0.6 is 0 Å². The quantitative estimate of drug-likeness (QED) is 0.406. The van der Waals surface area contributed by atoms with Gasteiger partial charge in [0.15, 0.2) is 6.10 Å². The number of esters is 1.